The number of pyridine rings is 1. The van der Waals surface area contributed by atoms with Crippen LogP contribution in [0.5, 0.6) is 0 Å². The van der Waals surface area contributed by atoms with Crippen LogP contribution in [0.25, 0.3) is 22.3 Å². The van der Waals surface area contributed by atoms with Gasteiger partial charge in [0.15, 0.2) is 5.13 Å². The number of halogens is 1. The largest absolute Gasteiger partial charge is 0.317 e. The number of aromatic nitrogens is 4. The quantitative estimate of drug-likeness (QED) is 0.574. The van der Waals surface area contributed by atoms with Gasteiger partial charge in [-0.15, -0.1) is 11.3 Å². The monoisotopic (exact) mass is 397 g/mol. The number of fused-ring (bicyclic) bond motifs is 1. The highest BCUT2D eigenvalue weighted by atomic mass is 32.1. The van der Waals surface area contributed by atoms with Crippen molar-refractivity contribution in [2.75, 3.05) is 5.32 Å². The van der Waals surface area contributed by atoms with Crippen LogP contribution in [0.1, 0.15) is 5.56 Å². The molecule has 1 N–H and O–H groups in total. The molecular weight excluding hydrogens is 381 g/mol. The van der Waals surface area contributed by atoms with E-state index in [1.165, 1.54) is 38.9 Å². The molecule has 0 aliphatic carbocycles. The standard InChI is InChI=1S/C19H16FN5O2S/c1-11-7-24(2)18(27)17-16(11)21-10-25(17)8-15(26)23-19-22-14(9-28-19)12-3-5-13(20)6-4-12/h3-7,9-10H,8H2,1-2H3,(H,22,23,26). The molecule has 0 saturated heterocycles. The van der Waals surface area contributed by atoms with E-state index < -0.39 is 0 Å². The highest BCUT2D eigenvalue weighted by molar-refractivity contribution is 7.14. The number of rotatable bonds is 4. The summed E-state index contributed by atoms with van der Waals surface area (Å²) in [7, 11) is 1.67. The van der Waals surface area contributed by atoms with Crippen LogP contribution in [0.15, 0.2) is 47.0 Å². The van der Waals surface area contributed by atoms with Crippen LogP contribution in [-0.2, 0) is 18.4 Å². The third-order valence-corrected chi connectivity index (χ3v) is 5.08. The summed E-state index contributed by atoms with van der Waals surface area (Å²) in [5, 5.41) is 4.95. The summed E-state index contributed by atoms with van der Waals surface area (Å²) in [5.41, 5.74) is 3.04. The summed E-state index contributed by atoms with van der Waals surface area (Å²) < 4.78 is 16.1. The van der Waals surface area contributed by atoms with Crippen molar-refractivity contribution < 1.29 is 9.18 Å². The third kappa shape index (κ3) is 3.31. The van der Waals surface area contributed by atoms with Gasteiger partial charge in [0.25, 0.3) is 5.56 Å². The minimum atomic E-state index is -0.318. The number of thiazole rings is 1. The van der Waals surface area contributed by atoms with Crippen molar-refractivity contribution in [3.63, 3.8) is 0 Å². The highest BCUT2D eigenvalue weighted by Crippen LogP contribution is 2.25. The zero-order chi connectivity index (χ0) is 19.8. The lowest BCUT2D eigenvalue weighted by molar-refractivity contribution is -0.116. The predicted molar refractivity (Wildman–Crippen MR) is 106 cm³/mol. The molecule has 28 heavy (non-hydrogen) atoms. The number of hydrogen-bond acceptors (Lipinski definition) is 5. The van der Waals surface area contributed by atoms with Crippen molar-refractivity contribution in [2.45, 2.75) is 13.5 Å². The number of carbonyl (C=O) groups excluding carboxylic acids is 1. The van der Waals surface area contributed by atoms with E-state index in [1.54, 1.807) is 30.8 Å². The molecule has 0 aliphatic rings. The summed E-state index contributed by atoms with van der Waals surface area (Å²) in [6, 6.07) is 5.98. The van der Waals surface area contributed by atoms with Gasteiger partial charge in [0.05, 0.1) is 17.5 Å². The van der Waals surface area contributed by atoms with Crippen molar-refractivity contribution in [3.05, 3.63) is 63.9 Å². The van der Waals surface area contributed by atoms with E-state index in [0.29, 0.717) is 21.9 Å². The first-order valence-corrected chi connectivity index (χ1v) is 9.33. The zero-order valence-electron chi connectivity index (χ0n) is 15.1. The van der Waals surface area contributed by atoms with Gasteiger partial charge in [0.1, 0.15) is 17.9 Å². The first-order valence-electron chi connectivity index (χ1n) is 8.45. The van der Waals surface area contributed by atoms with Crippen LogP contribution in [0.4, 0.5) is 9.52 Å². The van der Waals surface area contributed by atoms with Crippen molar-refractivity contribution in [1.29, 1.82) is 0 Å². The Kier molecular flexibility index (Phi) is 4.52. The van der Waals surface area contributed by atoms with Crippen LogP contribution in [0.2, 0.25) is 0 Å². The molecule has 0 aliphatic heterocycles. The second-order valence-electron chi connectivity index (χ2n) is 6.39. The Morgan fingerprint density at radius 1 is 1.29 bits per heavy atom. The van der Waals surface area contributed by atoms with E-state index in [4.69, 9.17) is 0 Å². The lowest BCUT2D eigenvalue weighted by atomic mass is 10.2. The summed E-state index contributed by atoms with van der Waals surface area (Å²) in [6.07, 6.45) is 3.21. The van der Waals surface area contributed by atoms with Crippen LogP contribution >= 0.6 is 11.3 Å². The average molecular weight is 397 g/mol. The number of imidazole rings is 1. The maximum atomic E-state index is 13.0. The molecular formula is C19H16FN5O2S. The van der Waals surface area contributed by atoms with Gasteiger partial charge < -0.3 is 14.5 Å². The topological polar surface area (TPSA) is 81.8 Å². The maximum Gasteiger partial charge on any atom is 0.276 e. The Balaban J connectivity index is 1.54. The number of benzene rings is 1. The van der Waals surface area contributed by atoms with Gasteiger partial charge in [-0.05, 0) is 36.8 Å². The fourth-order valence-electron chi connectivity index (χ4n) is 2.99. The number of amides is 1. The van der Waals surface area contributed by atoms with Crippen molar-refractivity contribution in [2.24, 2.45) is 7.05 Å². The average Bonchev–Trinajstić information content (AvgIpc) is 3.28. The smallest absolute Gasteiger partial charge is 0.276 e. The summed E-state index contributed by atoms with van der Waals surface area (Å²) in [5.74, 6) is -0.635. The minimum absolute atomic E-state index is 0.0549. The van der Waals surface area contributed by atoms with Crippen LogP contribution in [0, 0.1) is 12.7 Å². The van der Waals surface area contributed by atoms with Gasteiger partial charge in [-0.1, -0.05) is 0 Å². The second kappa shape index (κ2) is 7.01. The number of aryl methyl sites for hydroxylation is 2. The van der Waals surface area contributed by atoms with Crippen molar-refractivity contribution >= 4 is 33.4 Å². The van der Waals surface area contributed by atoms with Gasteiger partial charge in [-0.2, -0.15) is 0 Å². The van der Waals surface area contributed by atoms with Gasteiger partial charge in [0.2, 0.25) is 5.91 Å². The molecule has 142 valence electrons. The van der Waals surface area contributed by atoms with E-state index in [-0.39, 0.29) is 23.8 Å². The van der Waals surface area contributed by atoms with E-state index in [9.17, 15) is 14.0 Å². The van der Waals surface area contributed by atoms with E-state index in [1.807, 2.05) is 6.92 Å². The van der Waals surface area contributed by atoms with Crippen molar-refractivity contribution in [1.82, 2.24) is 19.1 Å². The zero-order valence-corrected chi connectivity index (χ0v) is 16.0. The Bertz CT molecular complexity index is 1240. The molecule has 0 fully saturated rings. The first-order chi connectivity index (χ1) is 13.4. The maximum absolute atomic E-state index is 13.0. The number of nitrogens with zero attached hydrogens (tertiary/aromatic N) is 4. The summed E-state index contributed by atoms with van der Waals surface area (Å²) in [6.45, 7) is 1.81. The Hall–Kier alpha value is -3.33. The fraction of sp³-hybridized carbons (Fsp3) is 0.158. The molecule has 3 heterocycles. The molecule has 0 atom stereocenters. The van der Waals surface area contributed by atoms with E-state index in [0.717, 1.165) is 11.1 Å². The molecule has 0 radical (unpaired) electrons. The second-order valence-corrected chi connectivity index (χ2v) is 7.25. The minimum Gasteiger partial charge on any atom is -0.317 e. The summed E-state index contributed by atoms with van der Waals surface area (Å²) in [4.78, 5) is 33.5. The molecule has 0 unspecified atom stereocenters. The molecule has 4 rings (SSSR count). The number of hydrogen-bond donors (Lipinski definition) is 1. The van der Waals surface area contributed by atoms with E-state index in [2.05, 4.69) is 15.3 Å². The molecule has 9 heteroatoms. The molecule has 1 amide bonds. The molecule has 7 nitrogen and oxygen atoms in total. The van der Waals surface area contributed by atoms with E-state index >= 15 is 0 Å². The van der Waals surface area contributed by atoms with Crippen LogP contribution in [0.3, 0.4) is 0 Å². The molecule has 4 aromatic rings. The Morgan fingerprint density at radius 3 is 2.79 bits per heavy atom. The van der Waals surface area contributed by atoms with Gasteiger partial charge in [0, 0.05) is 24.2 Å². The molecule has 3 aromatic heterocycles. The third-order valence-electron chi connectivity index (χ3n) is 4.33. The number of nitrogens with one attached hydrogen (secondary N) is 1. The normalized spacial score (nSPS) is 11.1. The lowest BCUT2D eigenvalue weighted by Crippen LogP contribution is -2.23. The Labute approximate surface area is 163 Å². The van der Waals surface area contributed by atoms with Gasteiger partial charge >= 0.3 is 0 Å². The first kappa shape index (κ1) is 18.1. The molecule has 0 bridgehead atoms. The van der Waals surface area contributed by atoms with Gasteiger partial charge in [-0.25, -0.2) is 14.4 Å². The number of carbonyl (C=O) groups is 1. The SMILES string of the molecule is Cc1cn(C)c(=O)c2c1ncn2CC(=O)Nc1nc(-c2ccc(F)cc2)cs1. The van der Waals surface area contributed by atoms with Gasteiger partial charge in [-0.3, -0.25) is 9.59 Å². The lowest BCUT2D eigenvalue weighted by Gasteiger charge is -2.06. The highest BCUT2D eigenvalue weighted by Gasteiger charge is 2.14. The fourth-order valence-corrected chi connectivity index (χ4v) is 3.73. The molecule has 0 spiro atoms. The van der Waals surface area contributed by atoms with Crippen molar-refractivity contribution in [3.8, 4) is 11.3 Å². The Morgan fingerprint density at radius 2 is 2.04 bits per heavy atom. The van der Waals surface area contributed by atoms with Crippen LogP contribution < -0.4 is 10.9 Å². The summed E-state index contributed by atoms with van der Waals surface area (Å²) >= 11 is 1.27. The number of anilines is 1. The van der Waals surface area contributed by atoms with Crippen LogP contribution in [-0.4, -0.2) is 25.0 Å². The molecule has 0 saturated carbocycles. The molecule has 1 aromatic carbocycles. The predicted octanol–water partition coefficient (Wildman–Crippen LogP) is 2.94.